The molecule has 2 heteroatoms. The molecule has 1 fully saturated rings. The predicted molar refractivity (Wildman–Crippen MR) is 49.5 cm³/mol. The molecule has 1 rings (SSSR count). The van der Waals surface area contributed by atoms with E-state index in [4.69, 9.17) is 0 Å². The van der Waals surface area contributed by atoms with Gasteiger partial charge in [0.25, 0.3) is 0 Å². The maximum atomic E-state index is 2.64. The average Bonchev–Trinajstić information content (AvgIpc) is 2.03. The van der Waals surface area contributed by atoms with E-state index in [1.165, 1.54) is 44.9 Å². The Bertz CT molecular complexity index is 79.3. The summed E-state index contributed by atoms with van der Waals surface area (Å²) in [5.74, 6) is 0. The SMILES string of the molecule is C[SiH2]CCN1CCCCC1. The van der Waals surface area contributed by atoms with E-state index in [9.17, 15) is 0 Å². The van der Waals surface area contributed by atoms with Crippen molar-refractivity contribution in [3.05, 3.63) is 0 Å². The van der Waals surface area contributed by atoms with Crippen LogP contribution in [0.25, 0.3) is 0 Å². The van der Waals surface area contributed by atoms with Crippen LogP contribution >= 0.6 is 0 Å². The third-order valence-corrected chi connectivity index (χ3v) is 3.30. The number of likely N-dealkylation sites (tertiary alicyclic amines) is 1. The number of hydrogen-bond acceptors (Lipinski definition) is 1. The fraction of sp³-hybridized carbons (Fsp3) is 1.00. The van der Waals surface area contributed by atoms with Crippen LogP contribution in [0.1, 0.15) is 19.3 Å². The number of rotatable bonds is 3. The molecule has 60 valence electrons. The van der Waals surface area contributed by atoms with Crippen molar-refractivity contribution in [2.45, 2.75) is 31.9 Å². The second-order valence-electron chi connectivity index (χ2n) is 3.26. The number of piperidine rings is 1. The molecular formula is C8H19NSi. The molecular weight excluding hydrogens is 138 g/mol. The van der Waals surface area contributed by atoms with Crippen molar-refractivity contribution in [1.82, 2.24) is 4.90 Å². The first-order chi connectivity index (χ1) is 4.93. The standard InChI is InChI=1S/C8H19NSi/c1-10-8-7-9-5-3-2-4-6-9/h2-8,10H2,1H3. The van der Waals surface area contributed by atoms with Gasteiger partial charge in [0.05, 0.1) is 0 Å². The van der Waals surface area contributed by atoms with Crippen LogP contribution in [0.15, 0.2) is 0 Å². The van der Waals surface area contributed by atoms with Crippen molar-refractivity contribution in [3.63, 3.8) is 0 Å². The molecule has 0 saturated carbocycles. The number of hydrogen-bond donors (Lipinski definition) is 0. The maximum Gasteiger partial charge on any atom is 0.0182 e. The molecule has 0 aromatic carbocycles. The molecule has 1 heterocycles. The summed E-state index contributed by atoms with van der Waals surface area (Å²) >= 11 is 0. The van der Waals surface area contributed by atoms with Gasteiger partial charge in [-0.1, -0.05) is 19.0 Å². The van der Waals surface area contributed by atoms with Gasteiger partial charge in [0.1, 0.15) is 0 Å². The van der Waals surface area contributed by atoms with Crippen molar-refractivity contribution in [2.75, 3.05) is 19.6 Å². The Labute approximate surface area is 66.6 Å². The summed E-state index contributed by atoms with van der Waals surface area (Å²) in [5.41, 5.74) is 0. The molecule has 0 radical (unpaired) electrons. The van der Waals surface area contributed by atoms with E-state index in [1.54, 1.807) is 0 Å². The molecule has 0 N–H and O–H groups in total. The van der Waals surface area contributed by atoms with Gasteiger partial charge in [-0.05, 0) is 32.5 Å². The molecule has 0 aliphatic carbocycles. The fourth-order valence-electron chi connectivity index (χ4n) is 1.56. The molecule has 10 heavy (non-hydrogen) atoms. The van der Waals surface area contributed by atoms with Crippen LogP contribution in [0.2, 0.25) is 12.6 Å². The third-order valence-electron chi connectivity index (χ3n) is 2.28. The van der Waals surface area contributed by atoms with E-state index in [0.29, 0.717) is 9.52 Å². The summed E-state index contributed by atoms with van der Waals surface area (Å²) in [6.07, 6.45) is 4.37. The minimum atomic E-state index is 0.327. The highest BCUT2D eigenvalue weighted by molar-refractivity contribution is 6.33. The quantitative estimate of drug-likeness (QED) is 0.555. The van der Waals surface area contributed by atoms with E-state index in [1.807, 2.05) is 0 Å². The van der Waals surface area contributed by atoms with Gasteiger partial charge >= 0.3 is 0 Å². The van der Waals surface area contributed by atoms with Gasteiger partial charge in [-0.25, -0.2) is 0 Å². The predicted octanol–water partition coefficient (Wildman–Crippen LogP) is 1.11. The highest BCUT2D eigenvalue weighted by atomic mass is 28.2. The van der Waals surface area contributed by atoms with E-state index >= 15 is 0 Å². The van der Waals surface area contributed by atoms with Crippen LogP contribution in [-0.2, 0) is 0 Å². The Morgan fingerprint density at radius 1 is 1.20 bits per heavy atom. The van der Waals surface area contributed by atoms with Gasteiger partial charge < -0.3 is 4.90 Å². The van der Waals surface area contributed by atoms with Crippen molar-refractivity contribution in [3.8, 4) is 0 Å². The topological polar surface area (TPSA) is 3.24 Å². The number of nitrogens with zero attached hydrogens (tertiary/aromatic N) is 1. The fourth-order valence-corrected chi connectivity index (χ4v) is 2.33. The van der Waals surface area contributed by atoms with Gasteiger partial charge in [-0.15, -0.1) is 0 Å². The van der Waals surface area contributed by atoms with E-state index < -0.39 is 0 Å². The minimum Gasteiger partial charge on any atom is -0.304 e. The van der Waals surface area contributed by atoms with E-state index in [2.05, 4.69) is 11.4 Å². The summed E-state index contributed by atoms with van der Waals surface area (Å²) in [7, 11) is 0.327. The molecule has 0 aromatic heterocycles. The lowest BCUT2D eigenvalue weighted by Crippen LogP contribution is -2.30. The molecule has 0 atom stereocenters. The second kappa shape index (κ2) is 4.91. The van der Waals surface area contributed by atoms with E-state index in [0.717, 1.165) is 0 Å². The summed E-state index contributed by atoms with van der Waals surface area (Å²) in [4.78, 5) is 2.64. The van der Waals surface area contributed by atoms with Crippen molar-refractivity contribution in [2.24, 2.45) is 0 Å². The molecule has 1 aliphatic rings. The maximum absolute atomic E-state index is 2.64. The molecule has 1 nitrogen and oxygen atoms in total. The molecule has 1 aliphatic heterocycles. The lowest BCUT2D eigenvalue weighted by atomic mass is 10.1. The zero-order valence-electron chi connectivity index (χ0n) is 7.10. The minimum absolute atomic E-state index is 0.327. The van der Waals surface area contributed by atoms with Crippen LogP contribution in [0.3, 0.4) is 0 Å². The summed E-state index contributed by atoms with van der Waals surface area (Å²) in [6.45, 7) is 6.58. The smallest absolute Gasteiger partial charge is 0.0182 e. The summed E-state index contributed by atoms with van der Waals surface area (Å²) < 4.78 is 0. The highest BCUT2D eigenvalue weighted by Crippen LogP contribution is 2.08. The third kappa shape index (κ3) is 2.84. The van der Waals surface area contributed by atoms with Crippen LogP contribution in [0, 0.1) is 0 Å². The zero-order chi connectivity index (χ0) is 7.23. The normalized spacial score (nSPS) is 22.5. The Hall–Kier alpha value is 0.177. The Morgan fingerprint density at radius 3 is 2.50 bits per heavy atom. The summed E-state index contributed by atoms with van der Waals surface area (Å²) in [5, 5.41) is 0. The van der Waals surface area contributed by atoms with Crippen molar-refractivity contribution >= 4 is 9.52 Å². The Balaban J connectivity index is 2.02. The zero-order valence-corrected chi connectivity index (χ0v) is 8.52. The molecule has 0 amide bonds. The van der Waals surface area contributed by atoms with Gasteiger partial charge in [-0.2, -0.15) is 0 Å². The largest absolute Gasteiger partial charge is 0.304 e. The van der Waals surface area contributed by atoms with Gasteiger partial charge in [0.15, 0.2) is 0 Å². The first kappa shape index (κ1) is 8.28. The van der Waals surface area contributed by atoms with Crippen molar-refractivity contribution < 1.29 is 0 Å². The van der Waals surface area contributed by atoms with Crippen LogP contribution in [0.4, 0.5) is 0 Å². The Kier molecular flexibility index (Phi) is 4.06. The molecule has 0 spiro atoms. The van der Waals surface area contributed by atoms with Gasteiger partial charge in [0.2, 0.25) is 0 Å². The van der Waals surface area contributed by atoms with Gasteiger partial charge in [-0.3, -0.25) is 0 Å². The molecule has 0 bridgehead atoms. The monoisotopic (exact) mass is 157 g/mol. The summed E-state index contributed by atoms with van der Waals surface area (Å²) in [6, 6.07) is 1.53. The van der Waals surface area contributed by atoms with Crippen LogP contribution in [0.5, 0.6) is 0 Å². The first-order valence-electron chi connectivity index (χ1n) is 4.66. The van der Waals surface area contributed by atoms with Crippen LogP contribution < -0.4 is 0 Å². The molecule has 0 unspecified atom stereocenters. The second-order valence-corrected chi connectivity index (χ2v) is 4.96. The Morgan fingerprint density at radius 2 is 1.90 bits per heavy atom. The molecule has 1 saturated heterocycles. The average molecular weight is 157 g/mol. The lowest BCUT2D eigenvalue weighted by Gasteiger charge is -2.25. The van der Waals surface area contributed by atoms with E-state index in [-0.39, 0.29) is 0 Å². The van der Waals surface area contributed by atoms with Gasteiger partial charge in [0, 0.05) is 9.52 Å². The molecule has 0 aromatic rings. The first-order valence-corrected chi connectivity index (χ1v) is 7.07. The van der Waals surface area contributed by atoms with Crippen LogP contribution in [-0.4, -0.2) is 34.1 Å². The van der Waals surface area contributed by atoms with Crippen molar-refractivity contribution in [1.29, 1.82) is 0 Å². The highest BCUT2D eigenvalue weighted by Gasteiger charge is 2.07. The lowest BCUT2D eigenvalue weighted by molar-refractivity contribution is 0.240.